The summed E-state index contributed by atoms with van der Waals surface area (Å²) in [6.07, 6.45) is 8.59. The molecule has 2 amide bonds. The first-order chi connectivity index (χ1) is 27.6. The minimum Gasteiger partial charge on any atom is -0.338 e. The minimum absolute atomic E-state index is 0.252. The van der Waals surface area contributed by atoms with Gasteiger partial charge in [-0.2, -0.15) is 5.10 Å². The van der Waals surface area contributed by atoms with Crippen molar-refractivity contribution in [2.75, 3.05) is 29.6 Å². The number of nitrogens with zero attached hydrogens (tertiary/aromatic N) is 9. The summed E-state index contributed by atoms with van der Waals surface area (Å²) < 4.78 is 17.6. The van der Waals surface area contributed by atoms with Crippen LogP contribution < -0.4 is 15.3 Å². The lowest BCUT2D eigenvalue weighted by Gasteiger charge is -2.37. The molecule has 5 heterocycles. The summed E-state index contributed by atoms with van der Waals surface area (Å²) >= 11 is 0. The maximum atomic E-state index is 14.3. The maximum Gasteiger partial charge on any atom is 0.357 e. The van der Waals surface area contributed by atoms with Gasteiger partial charge in [-0.1, -0.05) is 57.2 Å². The second-order valence-electron chi connectivity index (χ2n) is 16.7. The van der Waals surface area contributed by atoms with E-state index in [-0.39, 0.29) is 29.9 Å². The van der Waals surface area contributed by atoms with Gasteiger partial charge in [-0.15, -0.1) is 15.3 Å². The van der Waals surface area contributed by atoms with Crippen molar-refractivity contribution in [1.29, 1.82) is 0 Å². The van der Waals surface area contributed by atoms with Crippen LogP contribution in [-0.2, 0) is 33.1 Å². The van der Waals surface area contributed by atoms with Crippen LogP contribution in [0.5, 0.6) is 0 Å². The molecule has 4 aliphatic rings. The third kappa shape index (κ3) is 8.26. The number of anilines is 2. The van der Waals surface area contributed by atoms with E-state index in [1.165, 1.54) is 6.42 Å². The van der Waals surface area contributed by atoms with E-state index in [1.807, 2.05) is 86.6 Å². The molecule has 1 aliphatic carbocycles. The molecule has 3 aliphatic heterocycles. The van der Waals surface area contributed by atoms with Crippen molar-refractivity contribution < 1.29 is 23.7 Å². The van der Waals surface area contributed by atoms with E-state index in [9.17, 15) is 14.0 Å². The maximum absolute atomic E-state index is 14.3. The largest absolute Gasteiger partial charge is 0.357 e. The molecule has 57 heavy (non-hydrogen) atoms. The number of amides is 2. The summed E-state index contributed by atoms with van der Waals surface area (Å²) in [5.41, 5.74) is 3.98. The van der Waals surface area contributed by atoms with Gasteiger partial charge in [0, 0.05) is 56.0 Å². The van der Waals surface area contributed by atoms with Crippen molar-refractivity contribution in [2.45, 2.75) is 116 Å². The molecule has 2 aromatic carbocycles. The number of halogens is 1. The molecule has 2 fully saturated rings. The Bertz CT molecular complexity index is 2090. The number of carbonyl (C=O) groups is 2. The second-order valence-corrected chi connectivity index (χ2v) is 16.7. The summed E-state index contributed by atoms with van der Waals surface area (Å²) in [4.78, 5) is 43.0. The number of aromatic nitrogens is 5. The van der Waals surface area contributed by atoms with Crippen LogP contribution in [0.3, 0.4) is 0 Å². The summed E-state index contributed by atoms with van der Waals surface area (Å²) in [5.74, 6) is 1.95. The zero-order chi connectivity index (χ0) is 39.7. The van der Waals surface area contributed by atoms with Crippen LogP contribution in [0.25, 0.3) is 11.8 Å². The Balaban J connectivity index is 1.00. The lowest BCUT2D eigenvalue weighted by Crippen LogP contribution is -2.43. The predicted octanol–water partition coefficient (Wildman–Crippen LogP) is 7.13. The summed E-state index contributed by atoms with van der Waals surface area (Å²) in [6.45, 7) is 12.1. The lowest BCUT2D eigenvalue weighted by molar-refractivity contribution is -0.190. The number of hydrogen-bond donors (Lipinski definition) is 1. The minimum atomic E-state index is -0.744. The highest BCUT2D eigenvalue weighted by Gasteiger charge is 2.35. The van der Waals surface area contributed by atoms with Gasteiger partial charge >= 0.3 is 12.5 Å². The molecule has 0 spiro atoms. The molecule has 3 atom stereocenters. The molecule has 8 rings (SSSR count). The van der Waals surface area contributed by atoms with Gasteiger partial charge in [-0.05, 0) is 80.7 Å². The van der Waals surface area contributed by atoms with Gasteiger partial charge in [0.2, 0.25) is 5.95 Å². The van der Waals surface area contributed by atoms with Crippen LogP contribution in [0.4, 0.5) is 21.0 Å². The zero-order valence-corrected chi connectivity index (χ0v) is 33.3. The molecule has 302 valence electrons. The van der Waals surface area contributed by atoms with Gasteiger partial charge in [0.05, 0.1) is 17.4 Å². The van der Waals surface area contributed by atoms with Crippen molar-refractivity contribution in [2.24, 2.45) is 0 Å². The molecule has 1 N–H and O–H groups in total. The molecular weight excluding hydrogens is 728 g/mol. The molecular formula is C42H53FN10O4. The van der Waals surface area contributed by atoms with Gasteiger partial charge in [0.25, 0.3) is 0 Å². The zero-order valence-electron chi connectivity index (χ0n) is 33.3. The first-order valence-corrected chi connectivity index (χ1v) is 20.2. The van der Waals surface area contributed by atoms with Crippen molar-refractivity contribution in [1.82, 2.24) is 39.8 Å². The highest BCUT2D eigenvalue weighted by atomic mass is 19.1. The number of hydrogen-bond acceptors (Lipinski definition) is 10. The van der Waals surface area contributed by atoms with Gasteiger partial charge < -0.3 is 15.1 Å². The lowest BCUT2D eigenvalue weighted by atomic mass is 9.86. The van der Waals surface area contributed by atoms with E-state index in [1.54, 1.807) is 10.7 Å². The summed E-state index contributed by atoms with van der Waals surface area (Å²) in [7, 11) is 0. The molecule has 0 saturated carbocycles. The van der Waals surface area contributed by atoms with Crippen LogP contribution in [-0.4, -0.2) is 78.9 Å². The third-order valence-electron chi connectivity index (χ3n) is 11.6. The van der Waals surface area contributed by atoms with Crippen LogP contribution in [0.2, 0.25) is 0 Å². The summed E-state index contributed by atoms with van der Waals surface area (Å²) in [6, 6.07) is 17.1. The Kier molecular flexibility index (Phi) is 11.0. The van der Waals surface area contributed by atoms with Gasteiger partial charge in [-0.3, -0.25) is 19.1 Å². The first kappa shape index (κ1) is 38.6. The number of benzene rings is 2. The molecule has 0 bridgehead atoms. The molecule has 14 nitrogen and oxygen atoms in total. The van der Waals surface area contributed by atoms with E-state index < -0.39 is 12.2 Å². The smallest absolute Gasteiger partial charge is 0.338 e. The number of rotatable bonds is 10. The van der Waals surface area contributed by atoms with E-state index in [2.05, 4.69) is 36.8 Å². The Morgan fingerprint density at radius 3 is 2.56 bits per heavy atom. The van der Waals surface area contributed by atoms with E-state index >= 15 is 0 Å². The molecule has 0 unspecified atom stereocenters. The number of piperidine rings is 2. The highest BCUT2D eigenvalue weighted by molar-refractivity contribution is 5.90. The number of fused-ring (bicyclic) bond motifs is 2. The number of likely N-dealkylation sites (tertiary alicyclic amines) is 1. The number of hydroxylamine groups is 3. The van der Waals surface area contributed by atoms with Crippen molar-refractivity contribution in [3.8, 4) is 5.69 Å². The average molecular weight is 781 g/mol. The average Bonchev–Trinajstić information content (AvgIpc) is 3.84. The van der Waals surface area contributed by atoms with E-state index in [0.29, 0.717) is 69.4 Å². The Morgan fingerprint density at radius 2 is 1.79 bits per heavy atom. The fourth-order valence-electron chi connectivity index (χ4n) is 8.38. The van der Waals surface area contributed by atoms with E-state index in [4.69, 9.17) is 14.8 Å². The molecule has 2 saturated heterocycles. The van der Waals surface area contributed by atoms with Crippen LogP contribution in [0.1, 0.15) is 113 Å². The molecule has 2 aromatic heterocycles. The van der Waals surface area contributed by atoms with Gasteiger partial charge in [0.1, 0.15) is 18.9 Å². The Labute approximate surface area is 333 Å². The Morgan fingerprint density at radius 1 is 0.982 bits per heavy atom. The van der Waals surface area contributed by atoms with Crippen molar-refractivity contribution in [3.05, 3.63) is 89.0 Å². The standard InChI is InChI=1S/C42H53FN10O4/c1-29-10-7-8-20-50(29)40-46-45-38-19-23-49(27-51(38)40)57-36-16-15-35(33-13-5-6-14-34(33)36)44-41(55)53(56-28-54)39-25-37(42(2,3)4)47-52(39)32-12-9-11-30(24-32)26-48-21-17-31(43)18-22-48/h5-6,9,11-14,19,23-25,28-29,31,35-36H,7-8,10,15-18,20-22,26-27H2,1-4H3,(H,44,55)/t29-,35-,36+/m0/s1. The molecule has 0 radical (unpaired) electrons. The number of carbonyl (C=O) groups excluding carboxylic acids is 2. The molecule has 4 aromatic rings. The quantitative estimate of drug-likeness (QED) is 0.131. The highest BCUT2D eigenvalue weighted by Crippen LogP contribution is 2.40. The first-order valence-electron chi connectivity index (χ1n) is 20.2. The fraction of sp³-hybridized carbons (Fsp3) is 0.500. The van der Waals surface area contributed by atoms with Crippen LogP contribution >= 0.6 is 0 Å². The number of alkyl halides is 1. The van der Waals surface area contributed by atoms with E-state index in [0.717, 1.165) is 52.9 Å². The van der Waals surface area contributed by atoms with Crippen molar-refractivity contribution in [3.63, 3.8) is 0 Å². The second kappa shape index (κ2) is 16.3. The summed E-state index contributed by atoms with van der Waals surface area (Å²) in [5, 5.41) is 19.9. The van der Waals surface area contributed by atoms with Gasteiger partial charge in [-0.25, -0.2) is 18.9 Å². The SMILES string of the molecule is C[C@H]1CCCCN1c1nnc2n1CN(O[C@@H]1CC[C@H](NC(=O)N(OC=O)c3cc(C(C)(C)C)nn3-c3cccc(CN4CCC(F)CC4)c3)c3ccccc31)C=C2. The number of urea groups is 1. The van der Waals surface area contributed by atoms with Gasteiger partial charge in [0.15, 0.2) is 11.6 Å². The van der Waals surface area contributed by atoms with Crippen LogP contribution in [0, 0.1) is 0 Å². The normalized spacial score (nSPS) is 21.5. The topological polar surface area (TPSA) is 126 Å². The number of nitrogens with one attached hydrogen (secondary N) is 1. The monoisotopic (exact) mass is 780 g/mol. The van der Waals surface area contributed by atoms with Crippen molar-refractivity contribution >= 4 is 30.3 Å². The Hall–Kier alpha value is -5.28. The van der Waals surface area contributed by atoms with Crippen LogP contribution in [0.15, 0.2) is 60.8 Å². The predicted molar refractivity (Wildman–Crippen MR) is 214 cm³/mol. The molecule has 15 heteroatoms. The third-order valence-corrected chi connectivity index (χ3v) is 11.6. The fourth-order valence-corrected chi connectivity index (χ4v) is 8.38.